The second-order valence-electron chi connectivity index (χ2n) is 6.30. The first-order valence-corrected chi connectivity index (χ1v) is 7.79. The van der Waals surface area contributed by atoms with Gasteiger partial charge in [-0.2, -0.15) is 0 Å². The summed E-state index contributed by atoms with van der Waals surface area (Å²) in [5.74, 6) is -0.279. The molecule has 2 fully saturated rings. The van der Waals surface area contributed by atoms with Gasteiger partial charge in [0.25, 0.3) is 0 Å². The number of ether oxygens (including phenoxy) is 3. The predicted molar refractivity (Wildman–Crippen MR) is 77.2 cm³/mol. The molecule has 0 saturated carbocycles. The molecule has 7 N–H and O–H groups in total. The highest BCUT2D eigenvalue weighted by molar-refractivity contribution is 4.94. The van der Waals surface area contributed by atoms with E-state index in [1.54, 1.807) is 13.8 Å². The summed E-state index contributed by atoms with van der Waals surface area (Å²) in [5, 5.41) is 48.2. The van der Waals surface area contributed by atoms with Gasteiger partial charge in [0.15, 0.2) is 6.29 Å². The van der Waals surface area contributed by atoms with Crippen molar-refractivity contribution in [1.29, 1.82) is 0 Å². The minimum atomic E-state index is -1.51. The fourth-order valence-electron chi connectivity index (χ4n) is 3.08. The molecule has 0 aromatic heterocycles. The van der Waals surface area contributed by atoms with Gasteiger partial charge in [0.2, 0.25) is 0 Å². The number of hydrogen-bond donors (Lipinski definition) is 6. The molecular weight excluding hydrogens is 310 g/mol. The summed E-state index contributed by atoms with van der Waals surface area (Å²) >= 11 is 0. The van der Waals surface area contributed by atoms with Crippen LogP contribution in [0.2, 0.25) is 0 Å². The molecule has 0 amide bonds. The Morgan fingerprint density at radius 3 is 2.09 bits per heavy atom. The molecule has 0 bridgehead atoms. The van der Waals surface area contributed by atoms with E-state index in [1.807, 2.05) is 0 Å². The minimum Gasteiger partial charge on any atom is -0.394 e. The molecule has 0 aromatic carbocycles. The van der Waals surface area contributed by atoms with E-state index >= 15 is 0 Å². The van der Waals surface area contributed by atoms with Crippen molar-refractivity contribution in [1.82, 2.24) is 0 Å². The Morgan fingerprint density at radius 2 is 1.52 bits per heavy atom. The van der Waals surface area contributed by atoms with Crippen molar-refractivity contribution >= 4 is 0 Å². The molecule has 2 aliphatic heterocycles. The Hall–Kier alpha value is -0.360. The molecular formula is C14H27NO8. The smallest absolute Gasteiger partial charge is 0.187 e. The van der Waals surface area contributed by atoms with E-state index in [0.717, 1.165) is 0 Å². The molecule has 2 aliphatic rings. The summed E-state index contributed by atoms with van der Waals surface area (Å²) in [6.07, 6.45) is -8.19. The Kier molecular flexibility index (Phi) is 6.34. The third-order valence-corrected chi connectivity index (χ3v) is 4.74. The van der Waals surface area contributed by atoms with Crippen molar-refractivity contribution in [2.24, 2.45) is 11.7 Å². The van der Waals surface area contributed by atoms with Crippen LogP contribution in [0.1, 0.15) is 13.8 Å². The maximum atomic E-state index is 10.1. The Morgan fingerprint density at radius 1 is 0.913 bits per heavy atom. The van der Waals surface area contributed by atoms with E-state index in [1.165, 1.54) is 0 Å². The highest BCUT2D eigenvalue weighted by Crippen LogP contribution is 2.31. The first kappa shape index (κ1) is 19.0. The summed E-state index contributed by atoms with van der Waals surface area (Å²) in [5.41, 5.74) is 6.09. The maximum absolute atomic E-state index is 10.1. The molecule has 136 valence electrons. The van der Waals surface area contributed by atoms with Crippen molar-refractivity contribution in [2.45, 2.75) is 68.9 Å². The van der Waals surface area contributed by atoms with Crippen LogP contribution < -0.4 is 5.73 Å². The zero-order chi connectivity index (χ0) is 17.3. The van der Waals surface area contributed by atoms with Crippen molar-refractivity contribution in [2.75, 3.05) is 13.2 Å². The van der Waals surface area contributed by atoms with Gasteiger partial charge in [-0.25, -0.2) is 0 Å². The van der Waals surface area contributed by atoms with Crippen LogP contribution in [0.3, 0.4) is 0 Å². The van der Waals surface area contributed by atoms with Crippen LogP contribution in [-0.2, 0) is 14.2 Å². The molecule has 0 spiro atoms. The summed E-state index contributed by atoms with van der Waals surface area (Å²) in [7, 11) is 0. The summed E-state index contributed by atoms with van der Waals surface area (Å²) in [6, 6.07) is -0.528. The molecule has 9 nitrogen and oxygen atoms in total. The lowest BCUT2D eigenvalue weighted by molar-refractivity contribution is -0.325. The van der Waals surface area contributed by atoms with E-state index in [-0.39, 0.29) is 18.6 Å². The van der Waals surface area contributed by atoms with E-state index in [0.29, 0.717) is 0 Å². The standard InChI is InChI=1S/C14H27NO8/c1-5-7(3-16)21-6(2)9(15)13(5)23-14-12(20)11(19)10(18)8(4-17)22-14/h5-14,16-20H,3-4,15H2,1-2H3. The van der Waals surface area contributed by atoms with Gasteiger partial charge in [-0.1, -0.05) is 6.92 Å². The van der Waals surface area contributed by atoms with Crippen LogP contribution in [0.15, 0.2) is 0 Å². The molecule has 10 atom stereocenters. The lowest BCUT2D eigenvalue weighted by atomic mass is 9.87. The third kappa shape index (κ3) is 3.68. The largest absolute Gasteiger partial charge is 0.394 e. The zero-order valence-electron chi connectivity index (χ0n) is 13.2. The monoisotopic (exact) mass is 337 g/mol. The average Bonchev–Trinajstić information content (AvgIpc) is 2.54. The van der Waals surface area contributed by atoms with E-state index < -0.39 is 55.6 Å². The minimum absolute atomic E-state index is 0.202. The fourth-order valence-corrected chi connectivity index (χ4v) is 3.08. The first-order chi connectivity index (χ1) is 10.8. The lowest BCUT2D eigenvalue weighted by Crippen LogP contribution is -2.64. The number of hydrogen-bond acceptors (Lipinski definition) is 9. The van der Waals surface area contributed by atoms with Gasteiger partial charge in [-0.3, -0.25) is 0 Å². The van der Waals surface area contributed by atoms with Crippen LogP contribution in [-0.4, -0.2) is 93.8 Å². The van der Waals surface area contributed by atoms with Crippen molar-refractivity contribution in [3.05, 3.63) is 0 Å². The van der Waals surface area contributed by atoms with E-state index in [2.05, 4.69) is 0 Å². The Bertz CT molecular complexity index is 384. The second-order valence-corrected chi connectivity index (χ2v) is 6.30. The molecule has 2 heterocycles. The predicted octanol–water partition coefficient (Wildman–Crippen LogP) is -3.09. The molecule has 0 radical (unpaired) electrons. The van der Waals surface area contributed by atoms with Gasteiger partial charge in [-0.15, -0.1) is 0 Å². The summed E-state index contributed by atoms with van der Waals surface area (Å²) in [6.45, 7) is 2.81. The highest BCUT2D eigenvalue weighted by Gasteiger charge is 2.48. The van der Waals surface area contributed by atoms with E-state index in [9.17, 15) is 25.5 Å². The molecule has 9 heteroatoms. The number of rotatable bonds is 4. The highest BCUT2D eigenvalue weighted by atomic mass is 16.7. The Balaban J connectivity index is 2.11. The summed E-state index contributed by atoms with van der Waals surface area (Å²) in [4.78, 5) is 0. The van der Waals surface area contributed by atoms with Crippen molar-refractivity contribution < 1.29 is 39.7 Å². The fraction of sp³-hybridized carbons (Fsp3) is 1.00. The van der Waals surface area contributed by atoms with Crippen molar-refractivity contribution in [3.63, 3.8) is 0 Å². The topological polar surface area (TPSA) is 155 Å². The molecule has 2 saturated heterocycles. The third-order valence-electron chi connectivity index (χ3n) is 4.74. The van der Waals surface area contributed by atoms with Crippen LogP contribution in [0.4, 0.5) is 0 Å². The normalized spacial score (nSPS) is 51.7. The Labute approximate surface area is 134 Å². The van der Waals surface area contributed by atoms with Crippen LogP contribution in [0.5, 0.6) is 0 Å². The van der Waals surface area contributed by atoms with E-state index in [4.69, 9.17) is 19.9 Å². The van der Waals surface area contributed by atoms with Gasteiger partial charge < -0.3 is 45.5 Å². The zero-order valence-corrected chi connectivity index (χ0v) is 13.2. The SMILES string of the molecule is CC1OC(CO)C(C)C(OC2OC(CO)C(O)C(O)C2O)C1N. The molecule has 0 aliphatic carbocycles. The maximum Gasteiger partial charge on any atom is 0.187 e. The first-order valence-electron chi connectivity index (χ1n) is 7.79. The van der Waals surface area contributed by atoms with Gasteiger partial charge in [-0.05, 0) is 6.92 Å². The molecule has 2 rings (SSSR count). The number of nitrogens with two attached hydrogens (primary N) is 1. The van der Waals surface area contributed by atoms with Crippen LogP contribution in [0.25, 0.3) is 0 Å². The van der Waals surface area contributed by atoms with Gasteiger partial charge in [0, 0.05) is 5.92 Å². The van der Waals surface area contributed by atoms with Gasteiger partial charge in [0.1, 0.15) is 24.4 Å². The van der Waals surface area contributed by atoms with Crippen LogP contribution in [0, 0.1) is 5.92 Å². The van der Waals surface area contributed by atoms with Gasteiger partial charge >= 0.3 is 0 Å². The van der Waals surface area contributed by atoms with Gasteiger partial charge in [0.05, 0.1) is 37.6 Å². The lowest BCUT2D eigenvalue weighted by Gasteiger charge is -2.46. The quantitative estimate of drug-likeness (QED) is 0.313. The van der Waals surface area contributed by atoms with Crippen molar-refractivity contribution in [3.8, 4) is 0 Å². The number of aliphatic hydroxyl groups is 5. The summed E-state index contributed by atoms with van der Waals surface area (Å²) < 4.78 is 16.7. The molecule has 23 heavy (non-hydrogen) atoms. The van der Waals surface area contributed by atoms with Crippen LogP contribution >= 0.6 is 0 Å². The molecule has 0 aromatic rings. The second kappa shape index (κ2) is 7.68. The number of aliphatic hydroxyl groups excluding tert-OH is 5. The average molecular weight is 337 g/mol. The molecule has 10 unspecified atom stereocenters.